The van der Waals surface area contributed by atoms with Gasteiger partial charge in [0.2, 0.25) is 0 Å². The third-order valence-electron chi connectivity index (χ3n) is 5.06. The molecule has 1 aliphatic carbocycles. The Morgan fingerprint density at radius 3 is 2.10 bits per heavy atom. The molecule has 6 heteroatoms. The fourth-order valence-electron chi connectivity index (χ4n) is 3.05. The SMILES string of the molecule is COc1ccccc1NC(=O)c1ccc(NC(=O)c2ccc(OCC3CC3)cc2)cc1. The molecule has 0 aliphatic heterocycles. The number of anilines is 2. The van der Waals surface area contributed by atoms with Crippen molar-refractivity contribution in [2.45, 2.75) is 12.8 Å². The van der Waals surface area contributed by atoms with Gasteiger partial charge >= 0.3 is 0 Å². The van der Waals surface area contributed by atoms with E-state index in [0.717, 1.165) is 12.4 Å². The van der Waals surface area contributed by atoms with E-state index in [0.29, 0.717) is 34.2 Å². The van der Waals surface area contributed by atoms with Crippen LogP contribution in [0.15, 0.2) is 72.8 Å². The summed E-state index contributed by atoms with van der Waals surface area (Å²) in [6, 6.07) is 21.0. The Balaban J connectivity index is 1.34. The quantitative estimate of drug-likeness (QED) is 0.542. The van der Waals surface area contributed by atoms with Gasteiger partial charge < -0.3 is 20.1 Å². The Hall–Kier alpha value is -3.80. The van der Waals surface area contributed by atoms with Gasteiger partial charge in [0.25, 0.3) is 11.8 Å². The van der Waals surface area contributed by atoms with Crippen molar-refractivity contribution in [2.75, 3.05) is 24.4 Å². The topological polar surface area (TPSA) is 76.7 Å². The van der Waals surface area contributed by atoms with E-state index in [-0.39, 0.29) is 11.8 Å². The van der Waals surface area contributed by atoms with Crippen LogP contribution in [0.1, 0.15) is 33.6 Å². The lowest BCUT2D eigenvalue weighted by molar-refractivity contribution is 0.101. The summed E-state index contributed by atoms with van der Waals surface area (Å²) in [5.74, 6) is 1.56. The number of rotatable bonds is 8. The van der Waals surface area contributed by atoms with E-state index in [1.165, 1.54) is 12.8 Å². The minimum absolute atomic E-state index is 0.222. The van der Waals surface area contributed by atoms with Crippen LogP contribution >= 0.6 is 0 Å². The highest BCUT2D eigenvalue weighted by Gasteiger charge is 2.21. The van der Waals surface area contributed by atoms with Crippen LogP contribution in [-0.2, 0) is 0 Å². The van der Waals surface area contributed by atoms with Crippen LogP contribution in [-0.4, -0.2) is 25.5 Å². The first kappa shape index (κ1) is 20.5. The number of hydrogen-bond acceptors (Lipinski definition) is 4. The molecule has 2 amide bonds. The van der Waals surface area contributed by atoms with Crippen LogP contribution in [0, 0.1) is 5.92 Å². The molecule has 0 unspecified atom stereocenters. The van der Waals surface area contributed by atoms with Gasteiger partial charge in [-0.05, 0) is 79.4 Å². The Labute approximate surface area is 181 Å². The summed E-state index contributed by atoms with van der Waals surface area (Å²) in [6.45, 7) is 0.739. The van der Waals surface area contributed by atoms with Gasteiger partial charge in [-0.2, -0.15) is 0 Å². The maximum Gasteiger partial charge on any atom is 0.255 e. The summed E-state index contributed by atoms with van der Waals surface area (Å²) in [5.41, 5.74) is 2.21. The first-order valence-corrected chi connectivity index (χ1v) is 10.2. The van der Waals surface area contributed by atoms with Gasteiger partial charge in [-0.3, -0.25) is 9.59 Å². The van der Waals surface area contributed by atoms with Crippen LogP contribution < -0.4 is 20.1 Å². The highest BCUT2D eigenvalue weighted by molar-refractivity contribution is 6.06. The fourth-order valence-corrected chi connectivity index (χ4v) is 3.05. The molecule has 0 saturated heterocycles. The predicted octanol–water partition coefficient (Wildman–Crippen LogP) is 4.99. The molecule has 3 aromatic carbocycles. The van der Waals surface area contributed by atoms with Gasteiger partial charge in [-0.25, -0.2) is 0 Å². The average molecular weight is 416 g/mol. The molecule has 31 heavy (non-hydrogen) atoms. The van der Waals surface area contributed by atoms with Crippen molar-refractivity contribution in [2.24, 2.45) is 5.92 Å². The number of benzene rings is 3. The molecule has 158 valence electrons. The van der Waals surface area contributed by atoms with Crippen molar-refractivity contribution in [3.05, 3.63) is 83.9 Å². The Bertz CT molecular complexity index is 1060. The number of methoxy groups -OCH3 is 1. The zero-order valence-corrected chi connectivity index (χ0v) is 17.3. The molecule has 2 N–H and O–H groups in total. The van der Waals surface area contributed by atoms with E-state index in [9.17, 15) is 9.59 Å². The molecule has 6 nitrogen and oxygen atoms in total. The van der Waals surface area contributed by atoms with Gasteiger partial charge in [0.1, 0.15) is 11.5 Å². The van der Waals surface area contributed by atoms with Crippen LogP contribution in [0.2, 0.25) is 0 Å². The Morgan fingerprint density at radius 2 is 1.45 bits per heavy atom. The van der Waals surface area contributed by atoms with Crippen LogP contribution in [0.25, 0.3) is 0 Å². The summed E-state index contributed by atoms with van der Waals surface area (Å²) < 4.78 is 10.9. The summed E-state index contributed by atoms with van der Waals surface area (Å²) >= 11 is 0. The van der Waals surface area contributed by atoms with Crippen LogP contribution in [0.4, 0.5) is 11.4 Å². The number of hydrogen-bond donors (Lipinski definition) is 2. The Kier molecular flexibility index (Phi) is 6.17. The molecule has 0 heterocycles. The molecular formula is C25H24N2O4. The number of carbonyl (C=O) groups is 2. The summed E-state index contributed by atoms with van der Waals surface area (Å²) in [7, 11) is 1.55. The number of ether oxygens (including phenoxy) is 2. The average Bonchev–Trinajstić information content (AvgIpc) is 3.63. The van der Waals surface area contributed by atoms with Crippen molar-refractivity contribution < 1.29 is 19.1 Å². The molecule has 1 saturated carbocycles. The van der Waals surface area contributed by atoms with E-state index in [2.05, 4.69) is 10.6 Å². The molecule has 0 aromatic heterocycles. The normalized spacial score (nSPS) is 12.7. The van der Waals surface area contributed by atoms with Crippen molar-refractivity contribution in [3.63, 3.8) is 0 Å². The molecule has 4 rings (SSSR count). The monoisotopic (exact) mass is 416 g/mol. The standard InChI is InChI=1S/C25H24N2O4/c1-30-23-5-3-2-4-22(23)27-25(29)18-8-12-20(13-9-18)26-24(28)19-10-14-21(15-11-19)31-16-17-6-7-17/h2-5,8-15,17H,6-7,16H2,1H3,(H,26,28)(H,27,29). The van der Waals surface area contributed by atoms with Gasteiger partial charge in [-0.1, -0.05) is 12.1 Å². The first-order chi connectivity index (χ1) is 15.1. The molecule has 0 spiro atoms. The van der Waals surface area contributed by atoms with Gasteiger partial charge in [-0.15, -0.1) is 0 Å². The maximum absolute atomic E-state index is 12.5. The maximum atomic E-state index is 12.5. The van der Waals surface area contributed by atoms with Gasteiger partial charge in [0, 0.05) is 16.8 Å². The highest BCUT2D eigenvalue weighted by atomic mass is 16.5. The van der Waals surface area contributed by atoms with Crippen molar-refractivity contribution in [1.82, 2.24) is 0 Å². The van der Waals surface area contributed by atoms with Gasteiger partial charge in [0.05, 0.1) is 19.4 Å². The summed E-state index contributed by atoms with van der Waals surface area (Å²) in [5, 5.41) is 5.67. The molecule has 0 bridgehead atoms. The zero-order chi connectivity index (χ0) is 21.6. The predicted molar refractivity (Wildman–Crippen MR) is 120 cm³/mol. The second-order valence-corrected chi connectivity index (χ2v) is 7.46. The van der Waals surface area contributed by atoms with E-state index in [4.69, 9.17) is 9.47 Å². The molecule has 3 aromatic rings. The van der Waals surface area contributed by atoms with Crippen molar-refractivity contribution >= 4 is 23.2 Å². The lowest BCUT2D eigenvalue weighted by atomic mass is 10.1. The van der Waals surface area contributed by atoms with E-state index in [1.807, 2.05) is 24.3 Å². The largest absolute Gasteiger partial charge is 0.495 e. The second kappa shape index (κ2) is 9.34. The zero-order valence-electron chi connectivity index (χ0n) is 17.3. The fraction of sp³-hybridized carbons (Fsp3) is 0.200. The smallest absolute Gasteiger partial charge is 0.255 e. The molecule has 0 radical (unpaired) electrons. The molecule has 0 atom stereocenters. The third kappa shape index (κ3) is 5.42. The number of amides is 2. The van der Waals surface area contributed by atoms with E-state index < -0.39 is 0 Å². The van der Waals surface area contributed by atoms with Crippen molar-refractivity contribution in [1.29, 1.82) is 0 Å². The van der Waals surface area contributed by atoms with Crippen LogP contribution in [0.3, 0.4) is 0 Å². The first-order valence-electron chi connectivity index (χ1n) is 10.2. The Morgan fingerprint density at radius 1 is 0.839 bits per heavy atom. The molecule has 1 fully saturated rings. The van der Waals surface area contributed by atoms with Crippen LogP contribution in [0.5, 0.6) is 11.5 Å². The minimum Gasteiger partial charge on any atom is -0.495 e. The highest BCUT2D eigenvalue weighted by Crippen LogP contribution is 2.29. The summed E-state index contributed by atoms with van der Waals surface area (Å²) in [6.07, 6.45) is 2.47. The lowest BCUT2D eigenvalue weighted by Gasteiger charge is -2.10. The second-order valence-electron chi connectivity index (χ2n) is 7.46. The van der Waals surface area contributed by atoms with E-state index >= 15 is 0 Å². The van der Waals surface area contributed by atoms with Gasteiger partial charge in [0.15, 0.2) is 0 Å². The third-order valence-corrected chi connectivity index (χ3v) is 5.06. The number of nitrogens with one attached hydrogen (secondary N) is 2. The molecular weight excluding hydrogens is 392 g/mol. The van der Waals surface area contributed by atoms with Crippen molar-refractivity contribution in [3.8, 4) is 11.5 Å². The number of para-hydroxylation sites is 2. The minimum atomic E-state index is -0.260. The number of carbonyl (C=O) groups excluding carboxylic acids is 2. The summed E-state index contributed by atoms with van der Waals surface area (Å²) in [4.78, 5) is 25.0. The lowest BCUT2D eigenvalue weighted by Crippen LogP contribution is -2.14. The molecule has 1 aliphatic rings. The van der Waals surface area contributed by atoms with E-state index in [1.54, 1.807) is 55.6 Å².